The number of piperidine rings is 1. The molecule has 128 valence electrons. The standard InChI is InChI=1S/C17H28N4O2/c1-4-13(3)17(23)21-9-6-7-14(12-21)16(22)19-11-15-18-8-10-20(15)5-2/h8,10,13-14H,4-7,9,11-12H2,1-3H3,(H,19,22). The number of imidazole rings is 1. The normalized spacial score (nSPS) is 19.4. The minimum Gasteiger partial charge on any atom is -0.349 e. The smallest absolute Gasteiger partial charge is 0.225 e. The summed E-state index contributed by atoms with van der Waals surface area (Å²) >= 11 is 0. The minimum atomic E-state index is -0.109. The predicted molar refractivity (Wildman–Crippen MR) is 88.5 cm³/mol. The predicted octanol–water partition coefficient (Wildman–Crippen LogP) is 1.80. The van der Waals surface area contributed by atoms with E-state index in [-0.39, 0.29) is 23.7 Å². The van der Waals surface area contributed by atoms with Crippen LogP contribution < -0.4 is 5.32 Å². The maximum Gasteiger partial charge on any atom is 0.225 e. The molecule has 2 atom stereocenters. The first-order valence-electron chi connectivity index (χ1n) is 8.63. The summed E-state index contributed by atoms with van der Waals surface area (Å²) in [5.74, 6) is 0.990. The van der Waals surface area contributed by atoms with Crippen molar-refractivity contribution in [3.63, 3.8) is 0 Å². The molecule has 2 amide bonds. The second-order valence-corrected chi connectivity index (χ2v) is 6.28. The van der Waals surface area contributed by atoms with Crippen LogP contribution in [0, 0.1) is 11.8 Å². The van der Waals surface area contributed by atoms with Crippen molar-refractivity contribution in [1.82, 2.24) is 19.8 Å². The second-order valence-electron chi connectivity index (χ2n) is 6.28. The third kappa shape index (κ3) is 4.33. The van der Waals surface area contributed by atoms with E-state index in [1.54, 1.807) is 6.20 Å². The van der Waals surface area contributed by atoms with Crippen molar-refractivity contribution in [3.05, 3.63) is 18.2 Å². The summed E-state index contributed by atoms with van der Waals surface area (Å²) in [6.07, 6.45) is 6.24. The lowest BCUT2D eigenvalue weighted by Crippen LogP contribution is -2.46. The molecule has 0 radical (unpaired) electrons. The molecule has 0 aliphatic carbocycles. The monoisotopic (exact) mass is 320 g/mol. The number of hydrogen-bond acceptors (Lipinski definition) is 3. The van der Waals surface area contributed by atoms with Gasteiger partial charge in [-0.25, -0.2) is 4.98 Å². The average molecular weight is 320 g/mol. The van der Waals surface area contributed by atoms with Gasteiger partial charge in [0.1, 0.15) is 5.82 Å². The number of rotatable bonds is 6. The van der Waals surface area contributed by atoms with Crippen LogP contribution in [0.4, 0.5) is 0 Å². The lowest BCUT2D eigenvalue weighted by atomic mass is 9.95. The Kier molecular flexibility index (Phi) is 6.19. The largest absolute Gasteiger partial charge is 0.349 e. The lowest BCUT2D eigenvalue weighted by Gasteiger charge is -2.33. The summed E-state index contributed by atoms with van der Waals surface area (Å²) in [6, 6.07) is 0. The topological polar surface area (TPSA) is 67.2 Å². The number of amides is 2. The van der Waals surface area contributed by atoms with Gasteiger partial charge in [-0.15, -0.1) is 0 Å². The van der Waals surface area contributed by atoms with E-state index in [1.807, 2.05) is 36.4 Å². The van der Waals surface area contributed by atoms with Crippen molar-refractivity contribution in [3.8, 4) is 0 Å². The Hall–Kier alpha value is -1.85. The zero-order valence-corrected chi connectivity index (χ0v) is 14.4. The summed E-state index contributed by atoms with van der Waals surface area (Å²) in [6.45, 7) is 8.61. The molecule has 1 saturated heterocycles. The molecular formula is C17H28N4O2. The van der Waals surface area contributed by atoms with Gasteiger partial charge in [0.25, 0.3) is 0 Å². The SMILES string of the molecule is CCC(C)C(=O)N1CCCC(C(=O)NCc2nccn2CC)C1. The molecule has 0 spiro atoms. The van der Waals surface area contributed by atoms with Gasteiger partial charge in [-0.05, 0) is 26.2 Å². The fourth-order valence-corrected chi connectivity index (χ4v) is 2.98. The molecule has 1 aromatic heterocycles. The van der Waals surface area contributed by atoms with Crippen LogP contribution in [0.2, 0.25) is 0 Å². The van der Waals surface area contributed by atoms with Crippen LogP contribution in [0.5, 0.6) is 0 Å². The van der Waals surface area contributed by atoms with Crippen LogP contribution in [0.15, 0.2) is 12.4 Å². The van der Waals surface area contributed by atoms with Crippen molar-refractivity contribution in [2.75, 3.05) is 13.1 Å². The Morgan fingerprint density at radius 1 is 1.43 bits per heavy atom. The summed E-state index contributed by atoms with van der Waals surface area (Å²) < 4.78 is 2.01. The molecule has 2 unspecified atom stereocenters. The van der Waals surface area contributed by atoms with E-state index in [4.69, 9.17) is 0 Å². The van der Waals surface area contributed by atoms with E-state index in [0.29, 0.717) is 13.1 Å². The van der Waals surface area contributed by atoms with E-state index < -0.39 is 0 Å². The number of nitrogens with zero attached hydrogens (tertiary/aromatic N) is 3. The van der Waals surface area contributed by atoms with E-state index in [1.165, 1.54) is 0 Å². The van der Waals surface area contributed by atoms with Crippen LogP contribution >= 0.6 is 0 Å². The molecule has 0 saturated carbocycles. The van der Waals surface area contributed by atoms with E-state index >= 15 is 0 Å². The van der Waals surface area contributed by atoms with Crippen LogP contribution in [-0.2, 0) is 22.7 Å². The zero-order valence-electron chi connectivity index (χ0n) is 14.4. The quantitative estimate of drug-likeness (QED) is 0.869. The molecule has 1 aliphatic heterocycles. The molecule has 2 rings (SSSR count). The summed E-state index contributed by atoms with van der Waals surface area (Å²) in [5.41, 5.74) is 0. The molecule has 6 heteroatoms. The van der Waals surface area contributed by atoms with Gasteiger partial charge in [0.05, 0.1) is 12.5 Å². The van der Waals surface area contributed by atoms with Gasteiger partial charge < -0.3 is 14.8 Å². The Morgan fingerprint density at radius 2 is 2.22 bits per heavy atom. The highest BCUT2D eigenvalue weighted by atomic mass is 16.2. The molecule has 1 fully saturated rings. The highest BCUT2D eigenvalue weighted by Crippen LogP contribution is 2.19. The van der Waals surface area contributed by atoms with Gasteiger partial charge in [-0.2, -0.15) is 0 Å². The molecule has 2 heterocycles. The van der Waals surface area contributed by atoms with Gasteiger partial charge in [0.15, 0.2) is 0 Å². The number of carbonyl (C=O) groups excluding carboxylic acids is 2. The number of aryl methyl sites for hydroxylation is 1. The van der Waals surface area contributed by atoms with Crippen molar-refractivity contribution in [2.45, 2.75) is 53.1 Å². The van der Waals surface area contributed by atoms with E-state index in [9.17, 15) is 9.59 Å². The Labute approximate surface area is 138 Å². The van der Waals surface area contributed by atoms with Gasteiger partial charge >= 0.3 is 0 Å². The molecular weight excluding hydrogens is 292 g/mol. The molecule has 6 nitrogen and oxygen atoms in total. The third-order valence-electron chi connectivity index (χ3n) is 4.70. The van der Waals surface area contributed by atoms with Gasteiger partial charge in [-0.3, -0.25) is 9.59 Å². The first kappa shape index (κ1) is 17.5. The number of likely N-dealkylation sites (tertiary alicyclic amines) is 1. The van der Waals surface area contributed by atoms with Crippen molar-refractivity contribution in [1.29, 1.82) is 0 Å². The highest BCUT2D eigenvalue weighted by Gasteiger charge is 2.29. The zero-order chi connectivity index (χ0) is 16.8. The first-order chi connectivity index (χ1) is 11.1. The van der Waals surface area contributed by atoms with Crippen molar-refractivity contribution in [2.24, 2.45) is 11.8 Å². The van der Waals surface area contributed by atoms with Crippen LogP contribution in [0.1, 0.15) is 45.9 Å². The molecule has 1 N–H and O–H groups in total. The van der Waals surface area contributed by atoms with Crippen molar-refractivity contribution >= 4 is 11.8 Å². The van der Waals surface area contributed by atoms with Gasteiger partial charge in [0, 0.05) is 37.9 Å². The van der Waals surface area contributed by atoms with Crippen LogP contribution in [0.25, 0.3) is 0 Å². The summed E-state index contributed by atoms with van der Waals surface area (Å²) in [4.78, 5) is 30.8. The fourth-order valence-electron chi connectivity index (χ4n) is 2.98. The number of nitrogens with one attached hydrogen (secondary N) is 1. The average Bonchev–Trinajstić information content (AvgIpc) is 3.05. The maximum absolute atomic E-state index is 12.4. The fraction of sp³-hybridized carbons (Fsp3) is 0.706. The highest BCUT2D eigenvalue weighted by molar-refractivity contribution is 5.82. The molecule has 0 aromatic carbocycles. The van der Waals surface area contributed by atoms with E-state index in [2.05, 4.69) is 10.3 Å². The van der Waals surface area contributed by atoms with Gasteiger partial charge in [-0.1, -0.05) is 13.8 Å². The van der Waals surface area contributed by atoms with Crippen LogP contribution in [-0.4, -0.2) is 39.4 Å². The summed E-state index contributed by atoms with van der Waals surface area (Å²) in [7, 11) is 0. The summed E-state index contributed by atoms with van der Waals surface area (Å²) in [5, 5.41) is 2.97. The third-order valence-corrected chi connectivity index (χ3v) is 4.70. The molecule has 1 aromatic rings. The van der Waals surface area contributed by atoms with Crippen molar-refractivity contribution < 1.29 is 9.59 Å². The second kappa shape index (κ2) is 8.13. The molecule has 0 bridgehead atoms. The van der Waals surface area contributed by atoms with Gasteiger partial charge in [0.2, 0.25) is 11.8 Å². The number of carbonyl (C=O) groups is 2. The Balaban J connectivity index is 1.88. The number of hydrogen-bond donors (Lipinski definition) is 1. The van der Waals surface area contributed by atoms with Crippen LogP contribution in [0.3, 0.4) is 0 Å². The Morgan fingerprint density at radius 3 is 2.91 bits per heavy atom. The first-order valence-corrected chi connectivity index (χ1v) is 8.63. The minimum absolute atomic E-state index is 0.0253. The lowest BCUT2D eigenvalue weighted by molar-refractivity contribution is -0.139. The molecule has 1 aliphatic rings. The maximum atomic E-state index is 12.4. The number of aromatic nitrogens is 2. The van der Waals surface area contributed by atoms with E-state index in [0.717, 1.165) is 38.2 Å². The Bertz CT molecular complexity index is 540. The molecule has 23 heavy (non-hydrogen) atoms.